The van der Waals surface area contributed by atoms with Gasteiger partial charge < -0.3 is 9.47 Å². The molecule has 8 heteroatoms. The van der Waals surface area contributed by atoms with E-state index in [9.17, 15) is 4.79 Å². The maximum atomic E-state index is 11.9. The van der Waals surface area contributed by atoms with Crippen molar-refractivity contribution in [3.05, 3.63) is 16.3 Å². The van der Waals surface area contributed by atoms with Crippen molar-refractivity contribution < 1.29 is 19.1 Å². The van der Waals surface area contributed by atoms with Crippen LogP contribution in [-0.4, -0.2) is 37.2 Å². The highest BCUT2D eigenvalue weighted by Gasteiger charge is 2.21. The molecule has 0 bridgehead atoms. The zero-order valence-electron chi connectivity index (χ0n) is 11.6. The van der Waals surface area contributed by atoms with E-state index in [4.69, 9.17) is 9.47 Å². The van der Waals surface area contributed by atoms with Gasteiger partial charge in [0.15, 0.2) is 5.82 Å². The Morgan fingerprint density at radius 3 is 2.65 bits per heavy atom. The zero-order valence-corrected chi connectivity index (χ0v) is 12.5. The molecule has 0 aromatic carbocycles. The number of rotatable bonds is 5. The quantitative estimate of drug-likeness (QED) is 0.841. The van der Waals surface area contributed by atoms with Gasteiger partial charge in [-0.1, -0.05) is 0 Å². The Morgan fingerprint density at radius 2 is 2.05 bits per heavy atom. The van der Waals surface area contributed by atoms with Gasteiger partial charge in [0.05, 0.1) is 24.5 Å². The number of aromatic nitrogens is 2. The van der Waals surface area contributed by atoms with Crippen LogP contribution in [0.1, 0.15) is 21.1 Å². The molecule has 1 N–H and O–H groups in total. The second-order valence-corrected chi connectivity index (χ2v) is 4.95. The van der Waals surface area contributed by atoms with Crippen LogP contribution in [0.5, 0.6) is 5.88 Å². The summed E-state index contributed by atoms with van der Waals surface area (Å²) in [4.78, 5) is 26.4. The van der Waals surface area contributed by atoms with Crippen LogP contribution in [0.15, 0.2) is 0 Å². The predicted octanol–water partition coefficient (Wildman–Crippen LogP) is 1.45. The molecule has 0 spiro atoms. The van der Waals surface area contributed by atoms with Gasteiger partial charge in [-0.2, -0.15) is 4.98 Å². The van der Waals surface area contributed by atoms with Crippen molar-refractivity contribution in [3.63, 3.8) is 0 Å². The summed E-state index contributed by atoms with van der Waals surface area (Å²) in [5.74, 6) is 0.632. The molecule has 0 saturated heterocycles. The van der Waals surface area contributed by atoms with Crippen LogP contribution >= 0.6 is 11.3 Å². The second-order valence-electron chi connectivity index (χ2n) is 3.95. The molecule has 0 atom stereocenters. The van der Waals surface area contributed by atoms with Crippen LogP contribution in [0.3, 0.4) is 0 Å². The summed E-state index contributed by atoms with van der Waals surface area (Å²) in [5, 5.41) is 0.735. The van der Waals surface area contributed by atoms with Crippen molar-refractivity contribution in [2.24, 2.45) is 0 Å². The molecule has 0 radical (unpaired) electrons. The minimum atomic E-state index is -0.316. The van der Waals surface area contributed by atoms with Crippen molar-refractivity contribution in [1.29, 1.82) is 0 Å². The summed E-state index contributed by atoms with van der Waals surface area (Å²) >= 11 is 1.26. The Kier molecular flexibility index (Phi) is 4.48. The molecule has 1 amide bonds. The monoisotopic (exact) mass is 297 g/mol. The third kappa shape index (κ3) is 2.58. The number of carbonyl (C=O) groups is 1. The van der Waals surface area contributed by atoms with E-state index in [-0.39, 0.29) is 12.5 Å². The average Bonchev–Trinajstić information content (AvgIpc) is 2.76. The second kappa shape index (κ2) is 6.12. The van der Waals surface area contributed by atoms with E-state index in [0.29, 0.717) is 21.4 Å². The lowest BCUT2D eigenvalue weighted by Gasteiger charge is -2.04. The number of nitrogens with one attached hydrogen (secondary N) is 1. The number of carbonyl (C=O) groups excluding carboxylic acids is 1. The highest BCUT2D eigenvalue weighted by molar-refractivity contribution is 7.20. The third-order valence-electron chi connectivity index (χ3n) is 2.67. The highest BCUT2D eigenvalue weighted by atomic mass is 32.1. The van der Waals surface area contributed by atoms with Gasteiger partial charge in [-0.05, 0) is 12.5 Å². The van der Waals surface area contributed by atoms with Crippen LogP contribution in [0, 0.1) is 6.92 Å². The lowest BCUT2D eigenvalue weighted by Crippen LogP contribution is -2.21. The smallest absolute Gasteiger partial charge is 0.285 e. The molecule has 0 aliphatic heterocycles. The summed E-state index contributed by atoms with van der Waals surface area (Å²) in [6.45, 7) is 2.11. The van der Waals surface area contributed by atoms with Gasteiger partial charge in [0.2, 0.25) is 5.88 Å². The number of amides is 1. The first kappa shape index (κ1) is 14.6. The van der Waals surface area contributed by atoms with E-state index in [1.807, 2.05) is 6.92 Å². The molecule has 20 heavy (non-hydrogen) atoms. The number of hydrogen-bond acceptors (Lipinski definition) is 7. The number of fused-ring (bicyclic) bond motifs is 1. The minimum absolute atomic E-state index is 0.281. The van der Waals surface area contributed by atoms with E-state index in [0.717, 1.165) is 10.9 Å². The van der Waals surface area contributed by atoms with Crippen LogP contribution in [0.4, 0.5) is 0 Å². The minimum Gasteiger partial charge on any atom is -0.480 e. The van der Waals surface area contributed by atoms with Crippen molar-refractivity contribution in [2.45, 2.75) is 13.5 Å². The topological polar surface area (TPSA) is 82.6 Å². The maximum Gasteiger partial charge on any atom is 0.285 e. The van der Waals surface area contributed by atoms with E-state index >= 15 is 0 Å². The molecule has 0 aliphatic carbocycles. The molecule has 7 nitrogen and oxygen atoms in total. The molecule has 108 valence electrons. The van der Waals surface area contributed by atoms with Gasteiger partial charge in [-0.3, -0.25) is 9.63 Å². The molecule has 0 saturated carbocycles. The number of thiophene rings is 1. The average molecular weight is 297 g/mol. The molecule has 2 heterocycles. The molecule has 0 unspecified atom stereocenters. The Morgan fingerprint density at radius 1 is 1.30 bits per heavy atom. The number of nitrogens with zero attached hydrogens (tertiary/aromatic N) is 2. The fourth-order valence-corrected chi connectivity index (χ4v) is 2.92. The van der Waals surface area contributed by atoms with Gasteiger partial charge >= 0.3 is 0 Å². The SMILES string of the molecule is COCc1nc(OC)c2c(C)c(C(=O)NOC)sc2n1. The molecule has 2 rings (SSSR count). The fraction of sp³-hybridized carbons (Fsp3) is 0.417. The fourth-order valence-electron chi connectivity index (χ4n) is 1.84. The highest BCUT2D eigenvalue weighted by Crippen LogP contribution is 2.34. The van der Waals surface area contributed by atoms with Gasteiger partial charge in [0, 0.05) is 7.11 Å². The Bertz CT molecular complexity index is 641. The molecule has 0 aliphatic rings. The van der Waals surface area contributed by atoms with Crippen molar-refractivity contribution in [2.75, 3.05) is 21.3 Å². The number of methoxy groups -OCH3 is 2. The summed E-state index contributed by atoms with van der Waals surface area (Å²) in [6.07, 6.45) is 0. The Balaban J connectivity index is 2.60. The van der Waals surface area contributed by atoms with E-state index < -0.39 is 0 Å². The molecule has 2 aromatic heterocycles. The summed E-state index contributed by atoms with van der Waals surface area (Å²) in [7, 11) is 4.49. The Hall–Kier alpha value is -1.77. The lowest BCUT2D eigenvalue weighted by molar-refractivity contribution is 0.0541. The largest absolute Gasteiger partial charge is 0.480 e. The number of hydrogen-bond donors (Lipinski definition) is 1. The first-order chi connectivity index (χ1) is 9.62. The lowest BCUT2D eigenvalue weighted by atomic mass is 10.2. The molecular formula is C12H15N3O4S. The number of ether oxygens (including phenoxy) is 2. The summed E-state index contributed by atoms with van der Waals surface area (Å²) in [5.41, 5.74) is 3.06. The van der Waals surface area contributed by atoms with Crippen LogP contribution in [0.2, 0.25) is 0 Å². The van der Waals surface area contributed by atoms with E-state index in [1.54, 1.807) is 7.11 Å². The number of aryl methyl sites for hydroxylation is 1. The Labute approximate surface area is 119 Å². The van der Waals surface area contributed by atoms with Crippen LogP contribution in [-0.2, 0) is 16.2 Å². The number of hydroxylamine groups is 1. The standard InChI is InChI=1S/C12H15N3O4S/c1-6-8-11(18-3)13-7(5-17-2)14-12(8)20-9(6)10(16)15-19-4/h5H2,1-4H3,(H,15,16). The maximum absolute atomic E-state index is 11.9. The molecular weight excluding hydrogens is 282 g/mol. The van der Waals surface area contributed by atoms with E-state index in [2.05, 4.69) is 20.3 Å². The van der Waals surface area contributed by atoms with Crippen molar-refractivity contribution in [3.8, 4) is 5.88 Å². The van der Waals surface area contributed by atoms with Gasteiger partial charge in [0.25, 0.3) is 5.91 Å². The van der Waals surface area contributed by atoms with Gasteiger partial charge in [-0.15, -0.1) is 11.3 Å². The van der Waals surface area contributed by atoms with Crippen molar-refractivity contribution >= 4 is 27.5 Å². The third-order valence-corrected chi connectivity index (χ3v) is 3.86. The predicted molar refractivity (Wildman–Crippen MR) is 73.9 cm³/mol. The molecule has 0 fully saturated rings. The normalized spacial score (nSPS) is 10.8. The van der Waals surface area contributed by atoms with Gasteiger partial charge in [0.1, 0.15) is 11.4 Å². The van der Waals surface area contributed by atoms with E-state index in [1.165, 1.54) is 25.6 Å². The summed E-state index contributed by atoms with van der Waals surface area (Å²) in [6, 6.07) is 0. The summed E-state index contributed by atoms with van der Waals surface area (Å²) < 4.78 is 10.3. The molecule has 2 aromatic rings. The van der Waals surface area contributed by atoms with Crippen molar-refractivity contribution in [1.82, 2.24) is 15.4 Å². The van der Waals surface area contributed by atoms with Crippen LogP contribution < -0.4 is 10.2 Å². The van der Waals surface area contributed by atoms with Gasteiger partial charge in [-0.25, -0.2) is 10.5 Å². The van der Waals surface area contributed by atoms with Crippen LogP contribution in [0.25, 0.3) is 10.2 Å². The first-order valence-electron chi connectivity index (χ1n) is 5.78. The zero-order chi connectivity index (χ0) is 14.7. The first-order valence-corrected chi connectivity index (χ1v) is 6.60.